The number of nitrogens with one attached hydrogen (secondary N) is 1. The Bertz CT molecular complexity index is 1010. The lowest BCUT2D eigenvalue weighted by Crippen LogP contribution is -2.44. The fraction of sp³-hybridized carbons (Fsp3) is 0.222. The van der Waals surface area contributed by atoms with Crippen molar-refractivity contribution in [1.82, 2.24) is 4.90 Å². The lowest BCUT2D eigenvalue weighted by molar-refractivity contribution is -0.137. The molecule has 1 heterocycles. The van der Waals surface area contributed by atoms with Crippen LogP contribution in [-0.4, -0.2) is 42.8 Å². The highest BCUT2D eigenvalue weighted by molar-refractivity contribution is 7.91. The van der Waals surface area contributed by atoms with E-state index in [-0.39, 0.29) is 11.3 Å². The Morgan fingerprint density at radius 2 is 1.71 bits per heavy atom. The Labute approximate surface area is 158 Å². The van der Waals surface area contributed by atoms with Crippen LogP contribution in [-0.2, 0) is 20.8 Å². The molecule has 1 fully saturated rings. The Kier molecular flexibility index (Phi) is 5.16. The number of carbonyl (C=O) groups is 2. The van der Waals surface area contributed by atoms with Gasteiger partial charge in [-0.2, -0.15) is 13.2 Å². The zero-order valence-corrected chi connectivity index (χ0v) is 15.1. The summed E-state index contributed by atoms with van der Waals surface area (Å²) in [5, 5.41) is 2.27. The lowest BCUT2D eigenvalue weighted by atomic mass is 10.1. The van der Waals surface area contributed by atoms with E-state index in [4.69, 9.17) is 0 Å². The van der Waals surface area contributed by atoms with Gasteiger partial charge in [-0.15, -0.1) is 0 Å². The van der Waals surface area contributed by atoms with E-state index in [1.54, 1.807) is 18.2 Å². The predicted octanol–water partition coefficient (Wildman–Crippen LogP) is 2.54. The lowest BCUT2D eigenvalue weighted by Gasteiger charge is -2.22. The molecule has 2 aromatic rings. The van der Waals surface area contributed by atoms with E-state index in [1.807, 2.05) is 0 Å². The maximum atomic E-state index is 12.8. The highest BCUT2D eigenvalue weighted by atomic mass is 32.2. The van der Waals surface area contributed by atoms with Crippen molar-refractivity contribution in [2.24, 2.45) is 0 Å². The van der Waals surface area contributed by atoms with Gasteiger partial charge >= 0.3 is 6.18 Å². The highest BCUT2D eigenvalue weighted by Crippen LogP contribution is 2.31. The summed E-state index contributed by atoms with van der Waals surface area (Å²) < 4.78 is 62.5. The SMILES string of the molecule is O=C(Nc1cccc(C(F)(F)F)c1)C1CS(=O)(=O)CN1C(=O)c1ccccc1. The van der Waals surface area contributed by atoms with Crippen LogP contribution in [0.15, 0.2) is 54.6 Å². The number of halogens is 3. The Morgan fingerprint density at radius 3 is 2.36 bits per heavy atom. The summed E-state index contributed by atoms with van der Waals surface area (Å²) in [5.74, 6) is -2.76. The van der Waals surface area contributed by atoms with Gasteiger partial charge in [0.2, 0.25) is 5.91 Å². The average Bonchev–Trinajstić information content (AvgIpc) is 2.97. The molecule has 1 unspecified atom stereocenters. The first-order chi connectivity index (χ1) is 13.1. The molecule has 10 heteroatoms. The quantitative estimate of drug-likeness (QED) is 0.840. The molecule has 0 aromatic heterocycles. The third-order valence-corrected chi connectivity index (χ3v) is 5.66. The van der Waals surface area contributed by atoms with Gasteiger partial charge in [0.15, 0.2) is 9.84 Å². The molecule has 1 N–H and O–H groups in total. The van der Waals surface area contributed by atoms with Crippen molar-refractivity contribution in [3.05, 3.63) is 65.7 Å². The Hall–Kier alpha value is -2.88. The molecule has 1 aliphatic rings. The monoisotopic (exact) mass is 412 g/mol. The van der Waals surface area contributed by atoms with E-state index < -0.39 is 51.1 Å². The molecule has 1 aliphatic heterocycles. The second kappa shape index (κ2) is 7.27. The van der Waals surface area contributed by atoms with Gasteiger partial charge in [0.1, 0.15) is 11.9 Å². The molecule has 0 bridgehead atoms. The van der Waals surface area contributed by atoms with E-state index in [0.717, 1.165) is 23.1 Å². The van der Waals surface area contributed by atoms with Crippen LogP contribution in [0.5, 0.6) is 0 Å². The summed E-state index contributed by atoms with van der Waals surface area (Å²) in [6.07, 6.45) is -4.59. The van der Waals surface area contributed by atoms with Gasteiger partial charge < -0.3 is 10.2 Å². The number of benzene rings is 2. The van der Waals surface area contributed by atoms with Crippen molar-refractivity contribution < 1.29 is 31.2 Å². The van der Waals surface area contributed by atoms with Crippen LogP contribution in [0, 0.1) is 0 Å². The smallest absolute Gasteiger partial charge is 0.324 e. The minimum absolute atomic E-state index is 0.142. The van der Waals surface area contributed by atoms with Crippen LogP contribution in [0.4, 0.5) is 18.9 Å². The molecule has 2 amide bonds. The molecule has 28 heavy (non-hydrogen) atoms. The molecular formula is C18H15F3N2O4S. The highest BCUT2D eigenvalue weighted by Gasteiger charge is 2.43. The Morgan fingerprint density at radius 1 is 1.04 bits per heavy atom. The summed E-state index contributed by atoms with van der Waals surface area (Å²) >= 11 is 0. The summed E-state index contributed by atoms with van der Waals surface area (Å²) in [6, 6.07) is 10.4. The minimum Gasteiger partial charge on any atom is -0.324 e. The molecule has 148 valence electrons. The molecule has 6 nitrogen and oxygen atoms in total. The first kappa shape index (κ1) is 19.9. The molecule has 0 saturated carbocycles. The topological polar surface area (TPSA) is 83.6 Å². The summed E-state index contributed by atoms with van der Waals surface area (Å²) in [5.41, 5.74) is -0.894. The largest absolute Gasteiger partial charge is 0.416 e. The number of hydrogen-bond acceptors (Lipinski definition) is 4. The molecule has 3 rings (SSSR count). The zero-order chi connectivity index (χ0) is 20.5. The van der Waals surface area contributed by atoms with Crippen LogP contribution in [0.25, 0.3) is 0 Å². The first-order valence-corrected chi connectivity index (χ1v) is 9.93. The second-order valence-electron chi connectivity index (χ2n) is 6.26. The minimum atomic E-state index is -4.59. The van der Waals surface area contributed by atoms with E-state index >= 15 is 0 Å². The van der Waals surface area contributed by atoms with E-state index in [0.29, 0.717) is 0 Å². The van der Waals surface area contributed by atoms with E-state index in [2.05, 4.69) is 5.32 Å². The number of anilines is 1. The van der Waals surface area contributed by atoms with Crippen LogP contribution < -0.4 is 5.32 Å². The van der Waals surface area contributed by atoms with Gasteiger partial charge in [-0.05, 0) is 30.3 Å². The average molecular weight is 412 g/mol. The standard InChI is InChI=1S/C18H15F3N2O4S/c19-18(20,21)13-7-4-8-14(9-13)22-16(24)15-10-28(26,27)11-23(15)17(25)12-5-2-1-3-6-12/h1-9,15H,10-11H2,(H,22,24). The normalized spacial score (nSPS) is 18.7. The van der Waals surface area contributed by atoms with Crippen molar-refractivity contribution in [2.75, 3.05) is 16.9 Å². The molecule has 2 aromatic carbocycles. The molecule has 0 spiro atoms. The van der Waals surface area contributed by atoms with E-state index in [1.165, 1.54) is 18.2 Å². The number of alkyl halides is 3. The number of amides is 2. The fourth-order valence-corrected chi connectivity index (χ4v) is 4.49. The van der Waals surface area contributed by atoms with Crippen molar-refractivity contribution >= 4 is 27.3 Å². The number of nitrogens with zero attached hydrogens (tertiary/aromatic N) is 1. The summed E-state index contributed by atoms with van der Waals surface area (Å²) in [6.45, 7) is 0. The van der Waals surface area contributed by atoms with Crippen molar-refractivity contribution in [3.8, 4) is 0 Å². The third kappa shape index (κ3) is 4.33. The van der Waals surface area contributed by atoms with Gasteiger partial charge in [-0.1, -0.05) is 24.3 Å². The zero-order valence-electron chi connectivity index (χ0n) is 14.3. The maximum Gasteiger partial charge on any atom is 0.416 e. The van der Waals surface area contributed by atoms with Gasteiger partial charge in [-0.25, -0.2) is 8.42 Å². The molecule has 0 aliphatic carbocycles. The Balaban J connectivity index is 1.84. The summed E-state index contributed by atoms with van der Waals surface area (Å²) in [7, 11) is -3.70. The van der Waals surface area contributed by atoms with Gasteiger partial charge in [0.25, 0.3) is 5.91 Å². The van der Waals surface area contributed by atoms with E-state index in [9.17, 15) is 31.2 Å². The number of carbonyl (C=O) groups excluding carboxylic acids is 2. The number of sulfone groups is 1. The molecule has 1 saturated heterocycles. The van der Waals surface area contributed by atoms with Crippen LogP contribution in [0.2, 0.25) is 0 Å². The first-order valence-electron chi connectivity index (χ1n) is 8.11. The third-order valence-electron chi connectivity index (χ3n) is 4.17. The van der Waals surface area contributed by atoms with Crippen molar-refractivity contribution in [2.45, 2.75) is 12.2 Å². The van der Waals surface area contributed by atoms with Crippen LogP contribution in [0.1, 0.15) is 15.9 Å². The second-order valence-corrected chi connectivity index (χ2v) is 8.34. The molecule has 1 atom stereocenters. The van der Waals surface area contributed by atoms with Crippen LogP contribution >= 0.6 is 0 Å². The number of hydrogen-bond donors (Lipinski definition) is 1. The maximum absolute atomic E-state index is 12.8. The molecule has 0 radical (unpaired) electrons. The summed E-state index contributed by atoms with van der Waals surface area (Å²) in [4.78, 5) is 26.1. The van der Waals surface area contributed by atoms with Gasteiger partial charge in [0.05, 0.1) is 11.3 Å². The van der Waals surface area contributed by atoms with Crippen molar-refractivity contribution in [3.63, 3.8) is 0 Å². The van der Waals surface area contributed by atoms with Crippen molar-refractivity contribution in [1.29, 1.82) is 0 Å². The van der Waals surface area contributed by atoms with Gasteiger partial charge in [-0.3, -0.25) is 9.59 Å². The predicted molar refractivity (Wildman–Crippen MR) is 95.1 cm³/mol. The fourth-order valence-electron chi connectivity index (χ4n) is 2.85. The van der Waals surface area contributed by atoms with Crippen LogP contribution in [0.3, 0.4) is 0 Å². The van der Waals surface area contributed by atoms with Gasteiger partial charge in [0, 0.05) is 11.3 Å². The number of rotatable bonds is 3. The molecular weight excluding hydrogens is 397 g/mol.